The molecule has 0 aliphatic heterocycles. The van der Waals surface area contributed by atoms with E-state index in [2.05, 4.69) is 21.5 Å². The van der Waals surface area contributed by atoms with E-state index in [1.54, 1.807) is 20.3 Å². The summed E-state index contributed by atoms with van der Waals surface area (Å²) in [6, 6.07) is 11.1. The fourth-order valence-electron chi connectivity index (χ4n) is 2.99. The van der Waals surface area contributed by atoms with E-state index in [9.17, 15) is 4.79 Å². The van der Waals surface area contributed by atoms with Crippen molar-refractivity contribution >= 4 is 38.5 Å². The van der Waals surface area contributed by atoms with Crippen LogP contribution in [0.3, 0.4) is 0 Å². The lowest BCUT2D eigenvalue weighted by atomic mass is 10.3. The van der Waals surface area contributed by atoms with Crippen LogP contribution in [-0.4, -0.2) is 34.7 Å². The monoisotopic (exact) mass is 406 g/mol. The number of methoxy groups -OCH3 is 2. The zero-order valence-electron chi connectivity index (χ0n) is 16.0. The molecule has 29 heavy (non-hydrogen) atoms. The van der Waals surface area contributed by atoms with E-state index in [1.165, 1.54) is 17.5 Å². The number of allylic oxidation sites excluding steroid dienone is 1. The van der Waals surface area contributed by atoms with E-state index in [1.807, 2.05) is 41.0 Å². The smallest absolute Gasteiger partial charge is 0.299 e. The van der Waals surface area contributed by atoms with E-state index in [0.717, 1.165) is 15.7 Å². The predicted molar refractivity (Wildman–Crippen MR) is 113 cm³/mol. The first-order chi connectivity index (χ1) is 14.1. The van der Waals surface area contributed by atoms with E-state index in [4.69, 9.17) is 9.47 Å². The van der Waals surface area contributed by atoms with Crippen LogP contribution in [0.25, 0.3) is 21.3 Å². The summed E-state index contributed by atoms with van der Waals surface area (Å²) in [4.78, 5) is 26.3. The maximum Gasteiger partial charge on any atom is 0.299 e. The maximum atomic E-state index is 12.8. The Hall–Kier alpha value is -3.52. The molecule has 0 aliphatic rings. The molecular formula is C21H18N4O3S. The standard InChI is InChI=1S/C21H18N4O3S/c1-4-9-25-16-10-17(27-2)18(28-3)11-19(16)29-21(25)24-20(26)15-12-22-13-7-5-6-8-14(13)23-15/h4-8,10-12H,1,9H2,2-3H3. The van der Waals surface area contributed by atoms with Gasteiger partial charge in [-0.05, 0) is 12.1 Å². The van der Waals surface area contributed by atoms with Crippen LogP contribution in [0.4, 0.5) is 0 Å². The quantitative estimate of drug-likeness (QED) is 0.473. The number of thiazole rings is 1. The molecule has 4 rings (SSSR count). The Morgan fingerprint density at radius 3 is 2.66 bits per heavy atom. The van der Waals surface area contributed by atoms with Gasteiger partial charge in [-0.15, -0.1) is 6.58 Å². The maximum absolute atomic E-state index is 12.8. The Morgan fingerprint density at radius 2 is 1.93 bits per heavy atom. The minimum absolute atomic E-state index is 0.196. The summed E-state index contributed by atoms with van der Waals surface area (Å²) < 4.78 is 13.6. The molecule has 0 fully saturated rings. The molecule has 0 spiro atoms. The molecule has 8 heteroatoms. The number of carbonyl (C=O) groups is 1. The number of nitrogens with zero attached hydrogens (tertiary/aromatic N) is 4. The fraction of sp³-hybridized carbons (Fsp3) is 0.143. The lowest BCUT2D eigenvalue weighted by Gasteiger charge is -2.08. The molecule has 2 aromatic carbocycles. The Bertz CT molecular complexity index is 1310. The number of fused-ring (bicyclic) bond motifs is 2. The molecule has 0 atom stereocenters. The highest BCUT2D eigenvalue weighted by atomic mass is 32.1. The van der Waals surface area contributed by atoms with Gasteiger partial charge in [0.2, 0.25) is 0 Å². The van der Waals surface area contributed by atoms with Crippen molar-refractivity contribution < 1.29 is 14.3 Å². The van der Waals surface area contributed by atoms with Crippen LogP contribution in [0.5, 0.6) is 11.5 Å². The molecule has 0 N–H and O–H groups in total. The van der Waals surface area contributed by atoms with E-state index < -0.39 is 5.91 Å². The number of ether oxygens (including phenoxy) is 2. The summed E-state index contributed by atoms with van der Waals surface area (Å²) in [5, 5.41) is 0. The van der Waals surface area contributed by atoms with Gasteiger partial charge in [-0.25, -0.2) is 4.98 Å². The second-order valence-electron chi connectivity index (χ2n) is 6.12. The highest BCUT2D eigenvalue weighted by Crippen LogP contribution is 2.33. The Balaban J connectivity index is 1.86. The number of hydrogen-bond donors (Lipinski definition) is 0. The molecule has 0 unspecified atom stereocenters. The first-order valence-electron chi connectivity index (χ1n) is 8.81. The first-order valence-corrected chi connectivity index (χ1v) is 9.63. The number of amides is 1. The zero-order valence-corrected chi connectivity index (χ0v) is 16.8. The average molecular weight is 406 g/mol. The summed E-state index contributed by atoms with van der Waals surface area (Å²) in [6.07, 6.45) is 3.20. The van der Waals surface area contributed by atoms with E-state index in [-0.39, 0.29) is 5.69 Å². The minimum Gasteiger partial charge on any atom is -0.493 e. The van der Waals surface area contributed by atoms with Crippen molar-refractivity contribution in [1.82, 2.24) is 14.5 Å². The number of carbonyl (C=O) groups excluding carboxylic acids is 1. The van der Waals surface area contributed by atoms with Crippen molar-refractivity contribution in [3.05, 3.63) is 65.7 Å². The van der Waals surface area contributed by atoms with Gasteiger partial charge in [-0.3, -0.25) is 9.78 Å². The van der Waals surface area contributed by atoms with Crippen LogP contribution in [0.2, 0.25) is 0 Å². The van der Waals surface area contributed by atoms with Gasteiger partial charge in [-0.2, -0.15) is 4.99 Å². The average Bonchev–Trinajstić information content (AvgIpc) is 3.08. The van der Waals surface area contributed by atoms with Gasteiger partial charge < -0.3 is 14.0 Å². The minimum atomic E-state index is -0.452. The Labute approximate surface area is 170 Å². The molecule has 4 aromatic rings. The van der Waals surface area contributed by atoms with E-state index >= 15 is 0 Å². The van der Waals surface area contributed by atoms with Crippen LogP contribution < -0.4 is 14.3 Å². The normalized spacial score (nSPS) is 11.7. The van der Waals surface area contributed by atoms with E-state index in [0.29, 0.717) is 28.4 Å². The van der Waals surface area contributed by atoms with Crippen molar-refractivity contribution in [2.24, 2.45) is 4.99 Å². The van der Waals surface area contributed by atoms with Crippen LogP contribution in [0, 0.1) is 0 Å². The van der Waals surface area contributed by atoms with Gasteiger partial charge >= 0.3 is 0 Å². The third-order valence-electron chi connectivity index (χ3n) is 4.36. The molecule has 1 amide bonds. The van der Waals surface area contributed by atoms with Crippen molar-refractivity contribution in [2.75, 3.05) is 14.2 Å². The third kappa shape index (κ3) is 3.50. The van der Waals surface area contributed by atoms with Gasteiger partial charge in [0.15, 0.2) is 16.3 Å². The van der Waals surface area contributed by atoms with Crippen molar-refractivity contribution in [1.29, 1.82) is 0 Å². The van der Waals surface area contributed by atoms with Crippen LogP contribution >= 0.6 is 11.3 Å². The summed E-state index contributed by atoms with van der Waals surface area (Å²) in [6.45, 7) is 4.30. The fourth-order valence-corrected chi connectivity index (χ4v) is 4.04. The molecule has 2 aromatic heterocycles. The molecule has 146 valence electrons. The molecule has 0 saturated carbocycles. The van der Waals surface area contributed by atoms with Crippen LogP contribution in [0.1, 0.15) is 10.5 Å². The number of aromatic nitrogens is 3. The molecule has 7 nitrogen and oxygen atoms in total. The molecule has 2 heterocycles. The zero-order chi connectivity index (χ0) is 20.4. The molecule has 0 saturated heterocycles. The number of para-hydroxylation sites is 2. The first kappa shape index (κ1) is 18.8. The highest BCUT2D eigenvalue weighted by Gasteiger charge is 2.14. The van der Waals surface area contributed by atoms with Crippen LogP contribution in [-0.2, 0) is 6.54 Å². The topological polar surface area (TPSA) is 78.6 Å². The second-order valence-corrected chi connectivity index (χ2v) is 7.13. The van der Waals surface area contributed by atoms with Crippen molar-refractivity contribution in [3.8, 4) is 11.5 Å². The van der Waals surface area contributed by atoms with Gasteiger partial charge in [0.1, 0.15) is 5.69 Å². The molecule has 0 radical (unpaired) electrons. The summed E-state index contributed by atoms with van der Waals surface area (Å²) in [5.41, 5.74) is 2.45. The molecule has 0 aliphatic carbocycles. The highest BCUT2D eigenvalue weighted by molar-refractivity contribution is 7.16. The second kappa shape index (κ2) is 7.84. The number of rotatable bonds is 5. The van der Waals surface area contributed by atoms with Gasteiger partial charge in [0, 0.05) is 18.7 Å². The Morgan fingerprint density at radius 1 is 1.21 bits per heavy atom. The summed E-state index contributed by atoms with van der Waals surface area (Å²) in [7, 11) is 3.17. The van der Waals surface area contributed by atoms with Gasteiger partial charge in [0.05, 0.1) is 41.7 Å². The van der Waals surface area contributed by atoms with Crippen LogP contribution in [0.15, 0.2) is 60.2 Å². The SMILES string of the molecule is C=CCn1c(=NC(=O)c2cnc3ccccc3n2)sc2cc(OC)c(OC)cc21. The summed E-state index contributed by atoms with van der Waals surface area (Å²) in [5.74, 6) is 0.769. The predicted octanol–water partition coefficient (Wildman–Crippen LogP) is 3.59. The Kier molecular flexibility index (Phi) is 5.09. The molecular weight excluding hydrogens is 388 g/mol. The van der Waals surface area contributed by atoms with Gasteiger partial charge in [0.25, 0.3) is 5.91 Å². The number of hydrogen-bond acceptors (Lipinski definition) is 6. The van der Waals surface area contributed by atoms with Crippen molar-refractivity contribution in [3.63, 3.8) is 0 Å². The van der Waals surface area contributed by atoms with Gasteiger partial charge in [-0.1, -0.05) is 29.5 Å². The molecule has 0 bridgehead atoms. The lowest BCUT2D eigenvalue weighted by Crippen LogP contribution is -2.16. The third-order valence-corrected chi connectivity index (χ3v) is 5.41. The number of benzene rings is 2. The lowest BCUT2D eigenvalue weighted by molar-refractivity contribution is 0.0993. The largest absolute Gasteiger partial charge is 0.493 e. The van der Waals surface area contributed by atoms with Crippen molar-refractivity contribution in [2.45, 2.75) is 6.54 Å². The summed E-state index contributed by atoms with van der Waals surface area (Å²) >= 11 is 1.38.